The molecule has 0 N–H and O–H groups in total. The van der Waals surface area contributed by atoms with Crippen molar-refractivity contribution in [3.63, 3.8) is 0 Å². The summed E-state index contributed by atoms with van der Waals surface area (Å²) in [6.45, 7) is 1.02. The molecule has 0 bridgehead atoms. The molecule has 0 saturated heterocycles. The third kappa shape index (κ3) is 7.15. The zero-order valence-corrected chi connectivity index (χ0v) is 20.3. The Morgan fingerprint density at radius 2 is 1.03 bits per heavy atom. The van der Waals surface area contributed by atoms with Crippen LogP contribution in [-0.4, -0.2) is 85.0 Å². The van der Waals surface area contributed by atoms with Crippen molar-refractivity contribution in [2.45, 2.75) is 93.8 Å². The van der Waals surface area contributed by atoms with Gasteiger partial charge in [-0.2, -0.15) is 61.5 Å². The van der Waals surface area contributed by atoms with Crippen LogP contribution in [0.15, 0.2) is 0 Å². The van der Waals surface area contributed by atoms with E-state index in [2.05, 4.69) is 4.74 Å². The van der Waals surface area contributed by atoms with Gasteiger partial charge in [0.15, 0.2) is 6.61 Å². The fourth-order valence-electron chi connectivity index (χ4n) is 2.85. The van der Waals surface area contributed by atoms with Crippen molar-refractivity contribution in [3.05, 3.63) is 0 Å². The molecule has 234 valence electrons. The lowest BCUT2D eigenvalue weighted by molar-refractivity contribution is -0.447. The fraction of sp³-hybridized carbons (Fsp3) is 0.950. The van der Waals surface area contributed by atoms with Crippen LogP contribution in [0, 0.1) is 0 Å². The molecule has 0 aromatic carbocycles. The summed E-state index contributed by atoms with van der Waals surface area (Å²) in [5.74, 6) is -57.0. The summed E-state index contributed by atoms with van der Waals surface area (Å²) in [5, 5.41) is 0. The Bertz CT molecular complexity index is 780. The maximum absolute atomic E-state index is 13.8. The van der Waals surface area contributed by atoms with Gasteiger partial charge in [0.1, 0.15) is 0 Å². The summed E-state index contributed by atoms with van der Waals surface area (Å²) >= 11 is 0. The van der Waals surface area contributed by atoms with Crippen LogP contribution < -0.4 is 0 Å². The van der Waals surface area contributed by atoms with E-state index < -0.39 is 66.9 Å². The highest BCUT2D eigenvalue weighted by molar-refractivity contribution is 5.69. The van der Waals surface area contributed by atoms with Crippen molar-refractivity contribution in [1.29, 1.82) is 0 Å². The normalized spacial score (nSPS) is 14.9. The van der Waals surface area contributed by atoms with Gasteiger partial charge in [0.05, 0.1) is 6.42 Å². The van der Waals surface area contributed by atoms with Crippen molar-refractivity contribution in [2.24, 2.45) is 0 Å². The maximum Gasteiger partial charge on any atom is 0.385 e. The first kappa shape index (κ1) is 37.3. The first-order valence-electron chi connectivity index (χ1n) is 11.1. The third-order valence-corrected chi connectivity index (χ3v) is 5.43. The molecule has 0 atom stereocenters. The monoisotopic (exact) mass is 615 g/mol. The van der Waals surface area contributed by atoms with Gasteiger partial charge in [-0.1, -0.05) is 26.7 Å². The number of carbonyl (C=O) groups excluding carboxylic acids is 1. The van der Waals surface area contributed by atoms with Gasteiger partial charge in [-0.15, -0.1) is 0 Å². The summed E-state index contributed by atoms with van der Waals surface area (Å²) in [4.78, 5) is 13.3. The Hall–Kier alpha value is -1.69. The minimum absolute atomic E-state index is 0.214. The number of rotatable bonds is 18. The van der Waals surface area contributed by atoms with E-state index in [1.54, 1.807) is 18.7 Å². The van der Waals surface area contributed by atoms with Gasteiger partial charge in [-0.25, -0.2) is 8.78 Å². The maximum atomic E-state index is 13.8. The SMILES string of the molecule is CCCCN(CCCC)CCC(=O)OCC(F)(F)C(F)(F)C(F)(F)C(F)(F)C(F)(F)C(F)(F)C(F)(F)C(F)F. The van der Waals surface area contributed by atoms with Crippen LogP contribution in [0.2, 0.25) is 0 Å². The molecule has 0 rings (SSSR count). The largest absolute Gasteiger partial charge is 0.459 e. The molecule has 0 aliphatic carbocycles. The third-order valence-electron chi connectivity index (χ3n) is 5.43. The van der Waals surface area contributed by atoms with Crippen LogP contribution >= 0.6 is 0 Å². The van der Waals surface area contributed by atoms with Crippen molar-refractivity contribution in [1.82, 2.24) is 4.90 Å². The lowest BCUT2D eigenvalue weighted by Gasteiger charge is -2.42. The number of hydrogen-bond donors (Lipinski definition) is 0. The minimum atomic E-state index is -8.47. The van der Waals surface area contributed by atoms with Crippen LogP contribution in [0.25, 0.3) is 0 Å². The second-order valence-electron chi connectivity index (χ2n) is 8.46. The van der Waals surface area contributed by atoms with Gasteiger partial charge in [-0.05, 0) is 25.9 Å². The van der Waals surface area contributed by atoms with E-state index in [1.807, 2.05) is 0 Å². The number of carbonyl (C=O) groups is 1. The van der Waals surface area contributed by atoms with Crippen molar-refractivity contribution in [3.8, 4) is 0 Å². The molecule has 3 nitrogen and oxygen atoms in total. The highest BCUT2D eigenvalue weighted by atomic mass is 19.4. The van der Waals surface area contributed by atoms with Gasteiger partial charge in [0, 0.05) is 6.54 Å². The molecule has 0 fully saturated rings. The highest BCUT2D eigenvalue weighted by Crippen LogP contribution is 2.62. The van der Waals surface area contributed by atoms with Crippen molar-refractivity contribution >= 4 is 5.97 Å². The minimum Gasteiger partial charge on any atom is -0.459 e. The van der Waals surface area contributed by atoms with Crippen LogP contribution in [0.4, 0.5) is 70.2 Å². The Morgan fingerprint density at radius 1 is 0.641 bits per heavy atom. The summed E-state index contributed by atoms with van der Waals surface area (Å²) in [6, 6.07) is 0. The molecule has 0 aliphatic rings. The average Bonchev–Trinajstić information content (AvgIpc) is 2.81. The number of esters is 1. The second-order valence-corrected chi connectivity index (χ2v) is 8.46. The lowest BCUT2D eigenvalue weighted by atomic mass is 9.89. The number of alkyl halides is 16. The van der Waals surface area contributed by atoms with Crippen molar-refractivity contribution in [2.75, 3.05) is 26.2 Å². The fourth-order valence-corrected chi connectivity index (χ4v) is 2.85. The number of ether oxygens (including phenoxy) is 1. The number of halogens is 16. The van der Waals surface area contributed by atoms with Crippen LogP contribution in [0.3, 0.4) is 0 Å². The van der Waals surface area contributed by atoms with Crippen LogP contribution in [0.1, 0.15) is 46.0 Å². The van der Waals surface area contributed by atoms with Crippen molar-refractivity contribution < 1.29 is 79.8 Å². The zero-order valence-electron chi connectivity index (χ0n) is 20.3. The molecule has 0 amide bonds. The summed E-state index contributed by atoms with van der Waals surface area (Å²) in [7, 11) is 0. The van der Waals surface area contributed by atoms with E-state index in [9.17, 15) is 75.0 Å². The molecular formula is C20H25F16NO2. The van der Waals surface area contributed by atoms with Crippen LogP contribution in [0.5, 0.6) is 0 Å². The van der Waals surface area contributed by atoms with E-state index in [4.69, 9.17) is 0 Å². The zero-order chi connectivity index (χ0) is 31.3. The van der Waals surface area contributed by atoms with E-state index >= 15 is 0 Å². The molecule has 0 saturated carbocycles. The Kier molecular flexibility index (Phi) is 12.3. The van der Waals surface area contributed by atoms with Gasteiger partial charge < -0.3 is 9.64 Å². The topological polar surface area (TPSA) is 29.5 Å². The molecule has 0 aliphatic heterocycles. The Balaban J connectivity index is 5.85. The predicted octanol–water partition coefficient (Wildman–Crippen LogP) is 7.53. The van der Waals surface area contributed by atoms with Gasteiger partial charge in [0.2, 0.25) is 0 Å². The molecule has 0 heterocycles. The number of unbranched alkanes of at least 4 members (excludes halogenated alkanes) is 2. The standard InChI is InChI=1S/C20H25F16NO2/c1-3-5-8-37(9-6-4-2)10-7-12(38)39-11-14(23,24)16(27,28)18(31,32)20(35,36)19(33,34)17(29,30)15(25,26)13(21)22/h13H,3-11H2,1-2H3. The predicted molar refractivity (Wildman–Crippen MR) is 102 cm³/mol. The smallest absolute Gasteiger partial charge is 0.385 e. The van der Waals surface area contributed by atoms with E-state index in [-0.39, 0.29) is 6.54 Å². The Morgan fingerprint density at radius 3 is 1.41 bits per heavy atom. The second kappa shape index (κ2) is 12.9. The molecule has 0 aromatic rings. The summed E-state index contributed by atoms with van der Waals surface area (Å²) in [5.41, 5.74) is 0. The van der Waals surface area contributed by atoms with E-state index in [0.717, 1.165) is 0 Å². The number of hydrogen-bond acceptors (Lipinski definition) is 3. The molecule has 0 unspecified atom stereocenters. The first-order chi connectivity index (χ1) is 17.3. The number of nitrogens with zero attached hydrogens (tertiary/aromatic N) is 1. The van der Waals surface area contributed by atoms with Gasteiger partial charge in [-0.3, -0.25) is 4.79 Å². The van der Waals surface area contributed by atoms with E-state index in [0.29, 0.717) is 38.8 Å². The molecule has 0 radical (unpaired) electrons. The summed E-state index contributed by atoms with van der Waals surface area (Å²) in [6.07, 6.45) is -4.10. The molecule has 19 heteroatoms. The quantitative estimate of drug-likeness (QED) is 0.118. The van der Waals surface area contributed by atoms with Crippen LogP contribution in [-0.2, 0) is 9.53 Å². The molecule has 39 heavy (non-hydrogen) atoms. The van der Waals surface area contributed by atoms with E-state index in [1.165, 1.54) is 0 Å². The molecule has 0 aromatic heterocycles. The molecule has 0 spiro atoms. The van der Waals surface area contributed by atoms with Gasteiger partial charge in [0.25, 0.3) is 0 Å². The van der Waals surface area contributed by atoms with Gasteiger partial charge >= 0.3 is 53.9 Å². The molecular weight excluding hydrogens is 590 g/mol. The first-order valence-corrected chi connectivity index (χ1v) is 11.1. The lowest BCUT2D eigenvalue weighted by Crippen LogP contribution is -2.74. The summed E-state index contributed by atoms with van der Waals surface area (Å²) < 4.78 is 217. The Labute approximate surface area is 211 Å². The highest BCUT2D eigenvalue weighted by Gasteiger charge is 2.93. The average molecular weight is 615 g/mol.